The van der Waals surface area contributed by atoms with Gasteiger partial charge in [-0.15, -0.1) is 0 Å². The standard InChI is InChI=1S/C29H35N3O3S/c1-23-18-24(2)29(25(3)19-23)36(34,35)32(21-27-12-8-5-9-13-27)22-28(33)31-16-14-30(15-17-31)20-26-10-6-4-7-11-26/h4-13,18-19H,14-17,20-22H2,1-3H3. The van der Waals surface area contributed by atoms with Gasteiger partial charge in [-0.25, -0.2) is 8.42 Å². The van der Waals surface area contributed by atoms with E-state index in [4.69, 9.17) is 0 Å². The van der Waals surface area contributed by atoms with Crippen LogP contribution in [0, 0.1) is 20.8 Å². The molecule has 1 amide bonds. The van der Waals surface area contributed by atoms with E-state index in [9.17, 15) is 13.2 Å². The van der Waals surface area contributed by atoms with Crippen molar-refractivity contribution in [3.05, 3.63) is 101 Å². The summed E-state index contributed by atoms with van der Waals surface area (Å²) in [7, 11) is -3.89. The van der Waals surface area contributed by atoms with E-state index in [1.54, 1.807) is 4.90 Å². The highest BCUT2D eigenvalue weighted by molar-refractivity contribution is 7.89. The Morgan fingerprint density at radius 2 is 1.33 bits per heavy atom. The molecular weight excluding hydrogens is 470 g/mol. The van der Waals surface area contributed by atoms with Crippen LogP contribution in [0.4, 0.5) is 0 Å². The highest BCUT2D eigenvalue weighted by atomic mass is 32.2. The number of amides is 1. The first-order chi connectivity index (χ1) is 17.2. The van der Waals surface area contributed by atoms with E-state index in [1.165, 1.54) is 9.87 Å². The second-order valence-corrected chi connectivity index (χ2v) is 11.5. The van der Waals surface area contributed by atoms with Crippen LogP contribution in [-0.2, 0) is 27.9 Å². The van der Waals surface area contributed by atoms with E-state index in [-0.39, 0.29) is 19.0 Å². The van der Waals surface area contributed by atoms with Crippen molar-refractivity contribution in [3.63, 3.8) is 0 Å². The van der Waals surface area contributed by atoms with Crippen LogP contribution in [0.1, 0.15) is 27.8 Å². The van der Waals surface area contributed by atoms with Crippen molar-refractivity contribution in [1.29, 1.82) is 0 Å². The maximum absolute atomic E-state index is 13.9. The van der Waals surface area contributed by atoms with Crippen LogP contribution in [0.15, 0.2) is 77.7 Å². The number of hydrogen-bond donors (Lipinski definition) is 0. The van der Waals surface area contributed by atoms with Gasteiger partial charge < -0.3 is 4.90 Å². The summed E-state index contributed by atoms with van der Waals surface area (Å²) >= 11 is 0. The lowest BCUT2D eigenvalue weighted by atomic mass is 10.1. The fraction of sp³-hybridized carbons (Fsp3) is 0.345. The van der Waals surface area contributed by atoms with Crippen LogP contribution >= 0.6 is 0 Å². The molecule has 0 spiro atoms. The number of benzene rings is 3. The molecule has 1 heterocycles. The largest absolute Gasteiger partial charge is 0.339 e. The molecular formula is C29H35N3O3S. The third-order valence-electron chi connectivity index (χ3n) is 6.69. The first-order valence-electron chi connectivity index (χ1n) is 12.4. The topological polar surface area (TPSA) is 60.9 Å². The average Bonchev–Trinajstić information content (AvgIpc) is 2.84. The molecule has 1 aliphatic heterocycles. The number of piperazine rings is 1. The Hall–Kier alpha value is -3.00. The molecule has 6 nitrogen and oxygen atoms in total. The van der Waals surface area contributed by atoms with Crippen LogP contribution in [0.5, 0.6) is 0 Å². The predicted molar refractivity (Wildman–Crippen MR) is 143 cm³/mol. The summed E-state index contributed by atoms with van der Waals surface area (Å²) in [5.74, 6) is -0.156. The van der Waals surface area contributed by atoms with E-state index in [0.29, 0.717) is 29.1 Å². The number of hydrogen-bond acceptors (Lipinski definition) is 4. The van der Waals surface area contributed by atoms with Crippen molar-refractivity contribution in [2.75, 3.05) is 32.7 Å². The van der Waals surface area contributed by atoms with Crippen LogP contribution in [0.3, 0.4) is 0 Å². The first-order valence-corrected chi connectivity index (χ1v) is 13.8. The number of carbonyl (C=O) groups excluding carboxylic acids is 1. The normalized spacial score (nSPS) is 14.8. The van der Waals surface area contributed by atoms with Crippen LogP contribution in [-0.4, -0.2) is 61.2 Å². The summed E-state index contributed by atoms with van der Waals surface area (Å²) in [5, 5.41) is 0. The van der Waals surface area contributed by atoms with Gasteiger partial charge in [0.1, 0.15) is 0 Å². The van der Waals surface area contributed by atoms with Crippen molar-refractivity contribution in [2.24, 2.45) is 0 Å². The number of nitrogens with zero attached hydrogens (tertiary/aromatic N) is 3. The van der Waals surface area contributed by atoms with Gasteiger partial charge in [-0.2, -0.15) is 4.31 Å². The maximum atomic E-state index is 13.9. The minimum absolute atomic E-state index is 0.148. The quantitative estimate of drug-likeness (QED) is 0.462. The molecule has 3 aromatic rings. The van der Waals surface area contributed by atoms with Gasteiger partial charge in [-0.1, -0.05) is 78.4 Å². The van der Waals surface area contributed by atoms with Gasteiger partial charge in [0.2, 0.25) is 15.9 Å². The third kappa shape index (κ3) is 6.22. The summed E-state index contributed by atoms with van der Waals surface area (Å²) < 4.78 is 29.2. The van der Waals surface area contributed by atoms with E-state index >= 15 is 0 Å². The van der Waals surface area contributed by atoms with E-state index in [0.717, 1.165) is 30.8 Å². The predicted octanol–water partition coefficient (Wildman–Crippen LogP) is 4.15. The Bertz CT molecular complexity index is 1260. The highest BCUT2D eigenvalue weighted by Crippen LogP contribution is 2.26. The number of sulfonamides is 1. The maximum Gasteiger partial charge on any atom is 0.244 e. The molecule has 0 N–H and O–H groups in total. The Labute approximate surface area is 215 Å². The lowest BCUT2D eigenvalue weighted by Gasteiger charge is -2.36. The molecule has 0 atom stereocenters. The molecule has 1 aliphatic rings. The van der Waals surface area contributed by atoms with E-state index in [2.05, 4.69) is 17.0 Å². The number of aryl methyl sites for hydroxylation is 3. The molecule has 0 bridgehead atoms. The summed E-state index contributed by atoms with van der Waals surface area (Å²) in [5.41, 5.74) is 4.52. The highest BCUT2D eigenvalue weighted by Gasteiger charge is 2.32. The van der Waals surface area contributed by atoms with Gasteiger partial charge in [-0.05, 0) is 43.0 Å². The molecule has 0 aromatic heterocycles. The first kappa shape index (κ1) is 26.1. The minimum atomic E-state index is -3.89. The lowest BCUT2D eigenvalue weighted by molar-refractivity contribution is -0.133. The summed E-state index contributed by atoms with van der Waals surface area (Å²) in [6.07, 6.45) is 0. The van der Waals surface area contributed by atoms with Crippen molar-refractivity contribution in [1.82, 2.24) is 14.1 Å². The number of rotatable bonds is 8. The Balaban J connectivity index is 1.50. The SMILES string of the molecule is Cc1cc(C)c(S(=O)(=O)N(CC(=O)N2CCN(Cc3ccccc3)CC2)Cc2ccccc2)c(C)c1. The molecule has 0 radical (unpaired) electrons. The van der Waals surface area contributed by atoms with Gasteiger partial charge in [0.15, 0.2) is 0 Å². The van der Waals surface area contributed by atoms with Gasteiger partial charge in [-0.3, -0.25) is 9.69 Å². The van der Waals surface area contributed by atoms with Crippen molar-refractivity contribution < 1.29 is 13.2 Å². The summed E-state index contributed by atoms with van der Waals surface area (Å²) in [6.45, 7) is 9.13. The van der Waals surface area contributed by atoms with Crippen molar-refractivity contribution in [3.8, 4) is 0 Å². The smallest absolute Gasteiger partial charge is 0.244 e. The minimum Gasteiger partial charge on any atom is -0.339 e. The Morgan fingerprint density at radius 1 is 0.806 bits per heavy atom. The molecule has 0 aliphatic carbocycles. The summed E-state index contributed by atoms with van der Waals surface area (Å²) in [4.78, 5) is 17.8. The number of carbonyl (C=O) groups is 1. The molecule has 7 heteroatoms. The molecule has 0 unspecified atom stereocenters. The lowest BCUT2D eigenvalue weighted by Crippen LogP contribution is -2.51. The fourth-order valence-corrected chi connectivity index (χ4v) is 6.75. The molecule has 1 saturated heterocycles. The van der Waals surface area contributed by atoms with Crippen LogP contribution in [0.25, 0.3) is 0 Å². The zero-order chi connectivity index (χ0) is 25.7. The molecule has 0 saturated carbocycles. The van der Waals surface area contributed by atoms with Gasteiger partial charge in [0.05, 0.1) is 11.4 Å². The second kappa shape index (κ2) is 11.4. The Kier molecular flexibility index (Phi) is 8.24. The van der Waals surface area contributed by atoms with Gasteiger partial charge >= 0.3 is 0 Å². The van der Waals surface area contributed by atoms with Gasteiger partial charge in [0.25, 0.3) is 0 Å². The van der Waals surface area contributed by atoms with Crippen LogP contribution in [0.2, 0.25) is 0 Å². The molecule has 1 fully saturated rings. The van der Waals surface area contributed by atoms with E-state index < -0.39 is 10.0 Å². The summed E-state index contributed by atoms with van der Waals surface area (Å²) in [6, 6.07) is 23.5. The monoisotopic (exact) mass is 505 g/mol. The molecule has 190 valence electrons. The Morgan fingerprint density at radius 3 is 1.89 bits per heavy atom. The molecule has 36 heavy (non-hydrogen) atoms. The average molecular weight is 506 g/mol. The fourth-order valence-electron chi connectivity index (χ4n) is 4.96. The van der Waals surface area contributed by atoms with Gasteiger partial charge in [0, 0.05) is 39.3 Å². The zero-order valence-electron chi connectivity index (χ0n) is 21.4. The third-order valence-corrected chi connectivity index (χ3v) is 8.79. The van der Waals surface area contributed by atoms with Crippen molar-refractivity contribution in [2.45, 2.75) is 38.8 Å². The van der Waals surface area contributed by atoms with Crippen LogP contribution < -0.4 is 0 Å². The van der Waals surface area contributed by atoms with E-state index in [1.807, 2.05) is 81.4 Å². The van der Waals surface area contributed by atoms with Crippen molar-refractivity contribution >= 4 is 15.9 Å². The molecule has 4 rings (SSSR count). The molecule has 3 aromatic carbocycles. The zero-order valence-corrected chi connectivity index (χ0v) is 22.2. The second-order valence-electron chi connectivity index (χ2n) is 9.63.